The Morgan fingerprint density at radius 1 is 0.857 bits per heavy atom. The number of likely N-dealkylation sites (N-methyl/N-ethyl adjacent to an activating group) is 1. The van der Waals surface area contributed by atoms with Gasteiger partial charge in [0.2, 0.25) is 5.91 Å². The van der Waals surface area contributed by atoms with Gasteiger partial charge in [-0.15, -0.1) is 56.7 Å². The van der Waals surface area contributed by atoms with Crippen LogP contribution in [-0.4, -0.2) is 184 Å². The minimum atomic E-state index is -1.92. The van der Waals surface area contributed by atoms with E-state index in [9.17, 15) is 44.5 Å². The molecule has 0 aliphatic carbocycles. The second-order valence-corrected chi connectivity index (χ2v) is 27.7. The highest BCUT2D eigenvalue weighted by atomic mass is 32.1. The van der Waals surface area contributed by atoms with Crippen LogP contribution in [0.25, 0.3) is 49.3 Å². The Bertz CT molecular complexity index is 4610. The fourth-order valence-corrected chi connectivity index (χ4v) is 15.9. The number of carbonyl (C=O) groups is 8. The van der Waals surface area contributed by atoms with Crippen molar-refractivity contribution in [2.45, 2.75) is 108 Å². The van der Waals surface area contributed by atoms with Crippen molar-refractivity contribution < 1.29 is 87.3 Å². The molecule has 37 heteroatoms. The number of hydrogen-bond acceptors (Lipinski definition) is 30. The van der Waals surface area contributed by atoms with E-state index in [1.807, 2.05) is 0 Å². The summed E-state index contributed by atoms with van der Waals surface area (Å²) in [5.41, 5.74) is 2.00. The van der Waals surface area contributed by atoms with Gasteiger partial charge in [0.25, 0.3) is 29.5 Å². The first-order valence-electron chi connectivity index (χ1n) is 29.7. The van der Waals surface area contributed by atoms with Crippen LogP contribution in [0.5, 0.6) is 5.75 Å². The van der Waals surface area contributed by atoms with Crippen LogP contribution in [0.15, 0.2) is 69.2 Å². The second-order valence-electron chi connectivity index (χ2n) is 23.3. The van der Waals surface area contributed by atoms with Crippen LogP contribution in [0.3, 0.4) is 0 Å². The molecule has 0 radical (unpaired) electrons. The van der Waals surface area contributed by atoms with Gasteiger partial charge in [0, 0.05) is 49.8 Å². The number of aromatic hydroxyl groups is 1. The van der Waals surface area contributed by atoms with Crippen LogP contribution < -0.4 is 32.3 Å². The van der Waals surface area contributed by atoms with E-state index in [0.717, 1.165) is 56.7 Å². The summed E-state index contributed by atoms with van der Waals surface area (Å²) in [6, 6.07) is 0.628. The number of hydrogen-bond donors (Lipinski definition) is 10. The summed E-state index contributed by atoms with van der Waals surface area (Å²) in [4.78, 5) is 144. The highest BCUT2D eigenvalue weighted by Gasteiger charge is 2.50. The minimum Gasteiger partial charge on any atom is -0.506 e. The lowest BCUT2D eigenvalue weighted by Crippen LogP contribution is -2.62. The zero-order valence-corrected chi connectivity index (χ0v) is 56.7. The number of aromatic nitrogens is 7. The molecule has 12 bridgehead atoms. The minimum absolute atomic E-state index is 0.00915. The molecule has 1 fully saturated rings. The number of ether oxygens (including phenoxy) is 6. The normalized spacial score (nSPS) is 24.0. The lowest BCUT2D eigenvalue weighted by Gasteiger charge is -2.48. The third-order valence-corrected chi connectivity index (χ3v) is 20.8. The molecule has 1 saturated heterocycles. The largest absolute Gasteiger partial charge is 0.506 e. The number of primary amides is 1. The van der Waals surface area contributed by atoms with Gasteiger partial charge in [-0.25, -0.2) is 39.5 Å². The van der Waals surface area contributed by atoms with Crippen LogP contribution in [0.1, 0.15) is 125 Å². The van der Waals surface area contributed by atoms with E-state index in [1.165, 1.54) is 60.0 Å². The lowest BCUT2D eigenvalue weighted by atomic mass is 9.85. The number of esters is 2. The zero-order chi connectivity index (χ0) is 69.9. The van der Waals surface area contributed by atoms with Gasteiger partial charge in [-0.05, 0) is 59.5 Å². The monoisotopic (exact) mass is 1440 g/mol. The molecule has 10 unspecified atom stereocenters. The van der Waals surface area contributed by atoms with Gasteiger partial charge in [0.1, 0.15) is 120 Å². The first-order chi connectivity index (χ1) is 46.7. The molecule has 1 aromatic carbocycles. The SMILES string of the molecule is C=C(NC(=O)c1csc(-c2nc3c(cc2O)-c2nc(cs2)C(=O)NC(C(C)O)C(=O)NC(=C(C)OC)c2nc(cs2)C(=O)NC2c4nc(cs4)C(=O)NC(COC(=O)c4c5c6c(cccc6n4O)COC(=O)C(OC4CC(C)(O)C(N(C)C)C(C)O4)C2OC5)c2nc-3cs2)n1)C(N)=O. The fourth-order valence-electron chi connectivity index (χ4n) is 11.7. The van der Waals surface area contributed by atoms with Crippen molar-refractivity contribution in [3.8, 4) is 38.4 Å². The molecular formula is C61H60N14O18S5. The van der Waals surface area contributed by atoms with Crippen molar-refractivity contribution in [3.05, 3.63) is 124 Å². The number of aliphatic hydroxyl groups excluding tert-OH is 1. The van der Waals surface area contributed by atoms with Crippen LogP contribution in [0, 0.1) is 0 Å². The number of rotatable bonds is 9. The molecule has 512 valence electrons. The average Bonchev–Trinajstić information content (AvgIpc) is 1.57. The predicted octanol–water partition coefficient (Wildman–Crippen LogP) is 3.89. The summed E-state index contributed by atoms with van der Waals surface area (Å²) in [5.74, 6) is -8.28. The van der Waals surface area contributed by atoms with Gasteiger partial charge < -0.3 is 86.2 Å². The van der Waals surface area contributed by atoms with Gasteiger partial charge >= 0.3 is 11.9 Å². The van der Waals surface area contributed by atoms with Crippen LogP contribution in [-0.2, 0) is 56.0 Å². The highest BCUT2D eigenvalue weighted by Crippen LogP contribution is 2.43. The van der Waals surface area contributed by atoms with E-state index in [4.69, 9.17) is 49.1 Å². The van der Waals surface area contributed by atoms with Crippen LogP contribution in [0.2, 0.25) is 0 Å². The highest BCUT2D eigenvalue weighted by molar-refractivity contribution is 7.14. The molecule has 11 heterocycles. The number of nitrogens with one attached hydrogen (secondary N) is 5. The number of nitrogens with two attached hydrogens (primary N) is 1. The molecular weight excluding hydrogens is 1380 g/mol. The van der Waals surface area contributed by atoms with Crippen molar-refractivity contribution in [1.29, 1.82) is 0 Å². The first kappa shape index (κ1) is 68.4. The average molecular weight is 1440 g/mol. The number of cyclic esters (lactones) is 2. The van der Waals surface area contributed by atoms with E-state index in [-0.39, 0.29) is 105 Å². The Morgan fingerprint density at radius 3 is 2.23 bits per heavy atom. The topological polar surface area (TPSA) is 445 Å². The molecule has 12 rings (SSSR count). The summed E-state index contributed by atoms with van der Waals surface area (Å²) in [6.07, 6.45) is -7.56. The molecule has 6 amide bonds. The maximum absolute atomic E-state index is 15.2. The molecule has 32 nitrogen and oxygen atoms in total. The van der Waals surface area contributed by atoms with Crippen molar-refractivity contribution in [2.75, 3.05) is 27.8 Å². The molecule has 11 N–H and O–H groups in total. The van der Waals surface area contributed by atoms with E-state index >= 15 is 14.4 Å². The standard InChI is InChI=1S/C61H60N14O18S5/c1-22(48(62)78)63-49(79)31-19-97-57(68-31)42-36(77)12-27-41(70-42)30-17-95-55(65-30)29-16-91-59(84)44-28-15-89-45(46(93-37-13-61(5,86)47(74(6)7)25(4)92-37)60(85)90-14-26-10-9-11-35(38(26)28)75(44)87)43(58-69-32(20-98-58)50(80)64-29)73-52(82)34-21-96-56(67-34)40(24(3)88-8)72-53(83)39(23(2)76)71-51(81)33-18-94-54(27)66-33/h9-12,17-21,23,25,29,37,39,43,45-47,76-77,86-87H,1,13-16H2,2-8H3,(H2,62,78)(H,63,79)(H,64,80)(H,71,81)(H,72,83)(H,73,82). The molecule has 0 spiro atoms. The number of fused-ring (bicyclic) bond motifs is 15. The van der Waals surface area contributed by atoms with Gasteiger partial charge in [0.05, 0.1) is 48.8 Å². The number of pyridine rings is 1. The summed E-state index contributed by atoms with van der Waals surface area (Å²) < 4.78 is 38.2. The zero-order valence-electron chi connectivity index (χ0n) is 52.6. The predicted molar refractivity (Wildman–Crippen MR) is 350 cm³/mol. The molecule has 4 aliphatic rings. The molecule has 0 saturated carbocycles. The maximum Gasteiger partial charge on any atom is 0.358 e. The molecule has 4 aliphatic heterocycles. The number of aliphatic hydroxyl groups is 2. The molecule has 7 aromatic heterocycles. The van der Waals surface area contributed by atoms with E-state index < -0.39 is 145 Å². The smallest absolute Gasteiger partial charge is 0.358 e. The third-order valence-electron chi connectivity index (χ3n) is 16.3. The Kier molecular flexibility index (Phi) is 19.1. The molecule has 98 heavy (non-hydrogen) atoms. The number of benzene rings is 1. The van der Waals surface area contributed by atoms with Gasteiger partial charge in [-0.2, -0.15) is 4.73 Å². The number of methoxy groups -OCH3 is 1. The maximum atomic E-state index is 15.2. The second kappa shape index (κ2) is 27.4. The summed E-state index contributed by atoms with van der Waals surface area (Å²) in [7, 11) is 4.83. The van der Waals surface area contributed by atoms with E-state index in [0.29, 0.717) is 10.3 Å². The lowest BCUT2D eigenvalue weighted by molar-refractivity contribution is -0.280. The number of nitrogens with zero attached hydrogens (tertiary/aromatic N) is 8. The van der Waals surface area contributed by atoms with Crippen molar-refractivity contribution in [3.63, 3.8) is 0 Å². The molecule has 8 aromatic rings. The van der Waals surface area contributed by atoms with Gasteiger partial charge in [-0.1, -0.05) is 18.7 Å². The number of amides is 6. The molecule has 10 atom stereocenters. The Morgan fingerprint density at radius 2 is 1.52 bits per heavy atom. The fraction of sp³-hybridized carbons (Fsp3) is 0.344. The third kappa shape index (κ3) is 13.4. The van der Waals surface area contributed by atoms with Crippen molar-refractivity contribution >= 4 is 121 Å². The van der Waals surface area contributed by atoms with Gasteiger partial charge in [-0.3, -0.25) is 28.8 Å². The quantitative estimate of drug-likeness (QED) is 0.0424. The summed E-state index contributed by atoms with van der Waals surface area (Å²) >= 11 is 4.46. The first-order valence-corrected chi connectivity index (χ1v) is 34.1. The Hall–Kier alpha value is -9.54. The van der Waals surface area contributed by atoms with Gasteiger partial charge in [0.15, 0.2) is 18.1 Å². The van der Waals surface area contributed by atoms with Crippen LogP contribution >= 0.6 is 56.7 Å². The van der Waals surface area contributed by atoms with E-state index in [2.05, 4.69) is 48.1 Å². The number of thiazole rings is 5. The number of allylic oxidation sites excluding steroid dienone is 1. The summed E-state index contributed by atoms with van der Waals surface area (Å²) in [5, 5.41) is 67.4. The summed E-state index contributed by atoms with van der Waals surface area (Å²) in [6.45, 7) is 7.68. The van der Waals surface area contributed by atoms with E-state index in [1.54, 1.807) is 45.0 Å². The Labute approximate surface area is 574 Å². The van der Waals surface area contributed by atoms with Crippen LogP contribution in [0.4, 0.5) is 0 Å². The number of carbonyl (C=O) groups excluding carboxylic acids is 8. The van der Waals surface area contributed by atoms with Crippen molar-refractivity contribution in [1.82, 2.24) is 66.1 Å². The Balaban J connectivity index is 1.04. The van der Waals surface area contributed by atoms with Crippen molar-refractivity contribution in [2.24, 2.45) is 5.73 Å².